The Morgan fingerprint density at radius 1 is 0.645 bits per heavy atom. The van der Waals surface area contributed by atoms with Crippen molar-refractivity contribution in [2.24, 2.45) is 10.8 Å². The molecule has 2 aromatic carbocycles. The fourth-order valence-electron chi connectivity index (χ4n) is 5.50. The van der Waals surface area contributed by atoms with Crippen LogP contribution in [-0.2, 0) is 19.7 Å². The van der Waals surface area contributed by atoms with Gasteiger partial charge in [0.2, 0.25) is 19.7 Å². The number of sulfone groups is 2. The maximum Gasteiger partial charge on any atom is 0.202 e. The molecule has 1 saturated carbocycles. The van der Waals surface area contributed by atoms with Crippen molar-refractivity contribution in [3.8, 4) is 0 Å². The molecule has 4 nitrogen and oxygen atoms in total. The lowest BCUT2D eigenvalue weighted by Crippen LogP contribution is -2.26. The van der Waals surface area contributed by atoms with E-state index in [-0.39, 0.29) is 9.79 Å². The van der Waals surface area contributed by atoms with E-state index in [0.717, 1.165) is 19.3 Å². The lowest BCUT2D eigenvalue weighted by Gasteiger charge is -2.33. The topological polar surface area (TPSA) is 68.3 Å². The predicted octanol–water partition coefficient (Wildman–Crippen LogP) is 5.97. The maximum absolute atomic E-state index is 13.3. The molecule has 0 radical (unpaired) electrons. The fraction of sp³-hybridized carbons (Fsp3) is 0.304. The van der Waals surface area contributed by atoms with Crippen LogP contribution >= 0.6 is 23.2 Å². The van der Waals surface area contributed by atoms with Crippen molar-refractivity contribution in [3.63, 3.8) is 0 Å². The highest BCUT2D eigenvalue weighted by molar-refractivity contribution is 7.95. The summed E-state index contributed by atoms with van der Waals surface area (Å²) in [6.45, 7) is 0. The standard InChI is InChI=1S/C23H20Cl2O4S2/c24-16-2-6-18(7-3-16)30(26,27)20-12-22-10-1-11-23(22,13-20)15-21(14-22)31(28,29)19-8-4-17(25)5-9-19/h2-9,12,14H,1,10-11,13,15H2. The number of hydrogen-bond donors (Lipinski definition) is 0. The van der Waals surface area contributed by atoms with Gasteiger partial charge in [0.25, 0.3) is 0 Å². The molecule has 1 fully saturated rings. The molecule has 0 spiro atoms. The van der Waals surface area contributed by atoms with Crippen LogP contribution in [0.25, 0.3) is 0 Å². The Labute approximate surface area is 192 Å². The Morgan fingerprint density at radius 2 is 1.06 bits per heavy atom. The first-order valence-corrected chi connectivity index (χ1v) is 13.8. The largest absolute Gasteiger partial charge is 0.219 e. The molecule has 3 aliphatic rings. The van der Waals surface area contributed by atoms with Crippen LogP contribution in [0.2, 0.25) is 10.0 Å². The van der Waals surface area contributed by atoms with E-state index in [4.69, 9.17) is 23.2 Å². The summed E-state index contributed by atoms with van der Waals surface area (Å²) < 4.78 is 53.1. The summed E-state index contributed by atoms with van der Waals surface area (Å²) >= 11 is 11.8. The number of benzene rings is 2. The summed E-state index contributed by atoms with van der Waals surface area (Å²) in [7, 11) is -7.30. The van der Waals surface area contributed by atoms with Gasteiger partial charge in [0.15, 0.2) is 0 Å². The molecule has 8 heteroatoms. The minimum Gasteiger partial charge on any atom is -0.219 e. The summed E-state index contributed by atoms with van der Waals surface area (Å²) in [6, 6.07) is 12.3. The van der Waals surface area contributed by atoms with Gasteiger partial charge < -0.3 is 0 Å². The molecule has 162 valence electrons. The van der Waals surface area contributed by atoms with E-state index < -0.39 is 30.5 Å². The molecule has 0 bridgehead atoms. The van der Waals surface area contributed by atoms with E-state index in [1.165, 1.54) is 24.3 Å². The van der Waals surface area contributed by atoms with Gasteiger partial charge in [0.05, 0.1) is 9.79 Å². The zero-order valence-corrected chi connectivity index (χ0v) is 19.7. The molecule has 0 heterocycles. The second kappa shape index (κ2) is 6.95. The summed E-state index contributed by atoms with van der Waals surface area (Å²) in [5, 5.41) is 0.954. The van der Waals surface area contributed by atoms with E-state index in [9.17, 15) is 16.8 Å². The smallest absolute Gasteiger partial charge is 0.202 e. The first-order chi connectivity index (χ1) is 14.6. The molecular formula is C23H20Cl2O4S2. The Kier molecular flexibility index (Phi) is 4.76. The van der Waals surface area contributed by atoms with Gasteiger partial charge in [-0.05, 0) is 79.6 Å². The van der Waals surface area contributed by atoms with Gasteiger partial charge in [0.1, 0.15) is 0 Å². The minimum absolute atomic E-state index is 0.215. The molecule has 0 atom stereocenters. The first kappa shape index (κ1) is 21.3. The monoisotopic (exact) mass is 494 g/mol. The summed E-state index contributed by atoms with van der Waals surface area (Å²) in [6.07, 6.45) is 6.88. The van der Waals surface area contributed by atoms with E-state index in [2.05, 4.69) is 0 Å². The molecule has 2 aromatic rings. The van der Waals surface area contributed by atoms with Gasteiger partial charge in [-0.2, -0.15) is 0 Å². The van der Waals surface area contributed by atoms with Gasteiger partial charge in [-0.15, -0.1) is 0 Å². The van der Waals surface area contributed by atoms with Crippen LogP contribution in [0.5, 0.6) is 0 Å². The van der Waals surface area contributed by atoms with E-state index in [0.29, 0.717) is 32.7 Å². The Balaban J connectivity index is 1.57. The zero-order valence-electron chi connectivity index (χ0n) is 16.5. The molecule has 0 saturated heterocycles. The van der Waals surface area contributed by atoms with Crippen LogP contribution in [0, 0.1) is 10.8 Å². The number of halogens is 2. The van der Waals surface area contributed by atoms with Crippen molar-refractivity contribution in [1.82, 2.24) is 0 Å². The molecular weight excluding hydrogens is 475 g/mol. The Bertz CT molecular complexity index is 1240. The first-order valence-electron chi connectivity index (χ1n) is 10.0. The molecule has 5 rings (SSSR count). The molecule has 31 heavy (non-hydrogen) atoms. The lowest BCUT2D eigenvalue weighted by molar-refractivity contribution is 0.215. The third-order valence-corrected chi connectivity index (χ3v) is 11.2. The number of allylic oxidation sites excluding steroid dienone is 4. The molecule has 0 N–H and O–H groups in total. The number of hydrogen-bond acceptors (Lipinski definition) is 4. The van der Waals surface area contributed by atoms with Crippen molar-refractivity contribution in [1.29, 1.82) is 0 Å². The van der Waals surface area contributed by atoms with E-state index >= 15 is 0 Å². The second-order valence-electron chi connectivity index (χ2n) is 8.66. The van der Waals surface area contributed by atoms with Crippen molar-refractivity contribution < 1.29 is 16.8 Å². The normalized spacial score (nSPS) is 27.5. The molecule has 0 aliphatic heterocycles. The summed E-state index contributed by atoms with van der Waals surface area (Å²) in [5.74, 6) is 0. The van der Waals surface area contributed by atoms with Gasteiger partial charge >= 0.3 is 0 Å². The fourth-order valence-corrected chi connectivity index (χ4v) is 9.01. The van der Waals surface area contributed by atoms with Crippen molar-refractivity contribution in [2.75, 3.05) is 0 Å². The van der Waals surface area contributed by atoms with Crippen molar-refractivity contribution in [3.05, 3.63) is 80.5 Å². The maximum atomic E-state index is 13.3. The SMILES string of the molecule is O=S(=O)(C1=CC23C=C(S(=O)(=O)c4ccc(Cl)cc4)CC2(CCC3)C1)c1ccc(Cl)cc1. The van der Waals surface area contributed by atoms with Crippen molar-refractivity contribution in [2.45, 2.75) is 41.9 Å². The van der Waals surface area contributed by atoms with Gasteiger partial charge in [-0.25, -0.2) is 16.8 Å². The molecule has 0 aromatic heterocycles. The van der Waals surface area contributed by atoms with E-state index in [1.54, 1.807) is 24.3 Å². The van der Waals surface area contributed by atoms with Crippen LogP contribution in [0.1, 0.15) is 32.1 Å². The third kappa shape index (κ3) is 3.14. The molecule has 0 unspecified atom stereocenters. The highest BCUT2D eigenvalue weighted by Gasteiger charge is 2.62. The molecule has 3 aliphatic carbocycles. The van der Waals surface area contributed by atoms with Crippen LogP contribution in [0.3, 0.4) is 0 Å². The van der Waals surface area contributed by atoms with Crippen LogP contribution in [-0.4, -0.2) is 16.8 Å². The van der Waals surface area contributed by atoms with E-state index in [1.807, 2.05) is 12.2 Å². The summed E-state index contributed by atoms with van der Waals surface area (Å²) in [4.78, 5) is 1.20. The van der Waals surface area contributed by atoms with Gasteiger partial charge in [0, 0.05) is 25.3 Å². The summed E-state index contributed by atoms with van der Waals surface area (Å²) in [5.41, 5.74) is -0.923. The molecule has 0 amide bonds. The quantitative estimate of drug-likeness (QED) is 0.524. The average molecular weight is 495 g/mol. The second-order valence-corrected chi connectivity index (χ2v) is 13.5. The van der Waals surface area contributed by atoms with Gasteiger partial charge in [-0.3, -0.25) is 0 Å². The van der Waals surface area contributed by atoms with Crippen LogP contribution < -0.4 is 0 Å². The highest BCUT2D eigenvalue weighted by Crippen LogP contribution is 2.70. The van der Waals surface area contributed by atoms with Crippen LogP contribution in [0.15, 0.2) is 80.3 Å². The van der Waals surface area contributed by atoms with Gasteiger partial charge in [-0.1, -0.05) is 41.8 Å². The van der Waals surface area contributed by atoms with Crippen LogP contribution in [0.4, 0.5) is 0 Å². The Morgan fingerprint density at radius 3 is 1.45 bits per heavy atom. The van der Waals surface area contributed by atoms with Crippen molar-refractivity contribution >= 4 is 42.9 Å². The lowest BCUT2D eigenvalue weighted by atomic mass is 9.70. The third-order valence-electron chi connectivity index (χ3n) is 7.03. The predicted molar refractivity (Wildman–Crippen MR) is 121 cm³/mol. The highest BCUT2D eigenvalue weighted by atomic mass is 35.5. The number of rotatable bonds is 4. The minimum atomic E-state index is -3.65. The Hall–Kier alpha value is -1.60. The zero-order chi connectivity index (χ0) is 22.1. The average Bonchev–Trinajstić information content (AvgIpc) is 3.29.